The van der Waals surface area contributed by atoms with E-state index >= 15 is 0 Å². The number of hydrogen-bond donors (Lipinski definition) is 0. The maximum Gasteiger partial charge on any atom is 0.0817 e. The van der Waals surface area contributed by atoms with Gasteiger partial charge in [0.1, 0.15) is 0 Å². The fraction of sp³-hybridized carbons (Fsp3) is 0.167. The molecule has 2 rings (SSSR count). The number of nitrogens with zero attached hydrogens (tertiary/aromatic N) is 2. The van der Waals surface area contributed by atoms with Crippen LogP contribution in [0.25, 0.3) is 10.8 Å². The van der Waals surface area contributed by atoms with Crippen molar-refractivity contribution in [3.63, 3.8) is 0 Å². The lowest BCUT2D eigenvalue weighted by atomic mass is 10.1. The molecule has 0 fully saturated rings. The van der Waals surface area contributed by atoms with Gasteiger partial charge >= 0.3 is 0 Å². The molecule has 14 heavy (non-hydrogen) atoms. The van der Waals surface area contributed by atoms with Crippen LogP contribution < -0.4 is 0 Å². The predicted octanol–water partition coefficient (Wildman–Crippen LogP) is 2.59. The van der Waals surface area contributed by atoms with Gasteiger partial charge in [-0.2, -0.15) is 0 Å². The third kappa shape index (κ3) is 1.51. The highest BCUT2D eigenvalue weighted by atomic mass is 14.7. The molecule has 2 aromatic rings. The van der Waals surface area contributed by atoms with E-state index in [2.05, 4.69) is 28.2 Å². The average Bonchev–Trinajstić information content (AvgIpc) is 2.18. The highest BCUT2D eigenvalue weighted by molar-refractivity contribution is 5.89. The smallest absolute Gasteiger partial charge is 0.0817 e. The Hall–Kier alpha value is -1.70. The minimum atomic E-state index is 0.920. The molecule has 0 aliphatic rings. The molecule has 0 spiro atoms. The largest absolute Gasteiger partial charge is 0.294 e. The lowest BCUT2D eigenvalue weighted by molar-refractivity contribution is 1.22. The van der Waals surface area contributed by atoms with Crippen molar-refractivity contribution in [2.75, 3.05) is 7.05 Å². The van der Waals surface area contributed by atoms with E-state index in [-0.39, 0.29) is 0 Å². The fourth-order valence-electron chi connectivity index (χ4n) is 1.60. The zero-order valence-corrected chi connectivity index (χ0v) is 8.36. The summed E-state index contributed by atoms with van der Waals surface area (Å²) < 4.78 is 0. The van der Waals surface area contributed by atoms with Crippen molar-refractivity contribution >= 4 is 17.0 Å². The Balaban J connectivity index is 2.72. The Kier molecular flexibility index (Phi) is 2.27. The molecule has 70 valence electrons. The van der Waals surface area contributed by atoms with Gasteiger partial charge in [-0.1, -0.05) is 24.3 Å². The molecule has 2 nitrogen and oxygen atoms in total. The number of aromatic nitrogens is 1. The summed E-state index contributed by atoms with van der Waals surface area (Å²) in [6, 6.07) is 10.3. The molecule has 0 saturated heterocycles. The van der Waals surface area contributed by atoms with Crippen LogP contribution in [0.4, 0.5) is 0 Å². The zero-order valence-electron chi connectivity index (χ0n) is 8.36. The van der Waals surface area contributed by atoms with Gasteiger partial charge in [-0.15, -0.1) is 0 Å². The SMILES string of the molecule is CN=Cc1cc2ccccc2c(C)n1. The fourth-order valence-corrected chi connectivity index (χ4v) is 1.60. The molecule has 2 heteroatoms. The van der Waals surface area contributed by atoms with Crippen LogP contribution in [0.1, 0.15) is 11.4 Å². The summed E-state index contributed by atoms with van der Waals surface area (Å²) in [7, 11) is 1.76. The Morgan fingerprint density at radius 3 is 2.86 bits per heavy atom. The predicted molar refractivity (Wildman–Crippen MR) is 60.0 cm³/mol. The van der Waals surface area contributed by atoms with E-state index in [4.69, 9.17) is 0 Å². The van der Waals surface area contributed by atoms with Crippen molar-refractivity contribution in [2.45, 2.75) is 6.92 Å². The number of pyridine rings is 1. The first-order valence-corrected chi connectivity index (χ1v) is 4.60. The second-order valence-electron chi connectivity index (χ2n) is 3.24. The molecule has 0 aliphatic carbocycles. The van der Waals surface area contributed by atoms with Crippen LogP contribution in [0.15, 0.2) is 35.3 Å². The lowest BCUT2D eigenvalue weighted by Crippen LogP contribution is -1.91. The number of aliphatic imine (C=N–C) groups is 1. The Morgan fingerprint density at radius 2 is 2.07 bits per heavy atom. The Bertz CT molecular complexity index is 487. The third-order valence-electron chi connectivity index (χ3n) is 2.21. The standard InChI is InChI=1S/C12H12N2/c1-9-12-6-4-3-5-10(12)7-11(14-9)8-13-2/h3-8H,1-2H3. The Morgan fingerprint density at radius 1 is 1.29 bits per heavy atom. The van der Waals surface area contributed by atoms with Crippen molar-refractivity contribution in [2.24, 2.45) is 4.99 Å². The van der Waals surface area contributed by atoms with Gasteiger partial charge in [-0.3, -0.25) is 9.98 Å². The quantitative estimate of drug-likeness (QED) is 0.625. The van der Waals surface area contributed by atoms with E-state index in [9.17, 15) is 0 Å². The van der Waals surface area contributed by atoms with Crippen LogP contribution in [0, 0.1) is 6.92 Å². The van der Waals surface area contributed by atoms with E-state index in [1.165, 1.54) is 10.8 Å². The van der Waals surface area contributed by atoms with Crippen molar-refractivity contribution in [3.05, 3.63) is 41.7 Å². The molecule has 0 N–H and O–H groups in total. The normalized spacial score (nSPS) is 11.3. The van der Waals surface area contributed by atoms with Crippen molar-refractivity contribution in [1.82, 2.24) is 4.98 Å². The topological polar surface area (TPSA) is 25.2 Å². The first kappa shape index (κ1) is 8.88. The van der Waals surface area contributed by atoms with Gasteiger partial charge in [0.15, 0.2) is 0 Å². The van der Waals surface area contributed by atoms with Crippen LogP contribution in [0.5, 0.6) is 0 Å². The summed E-state index contributed by atoms with van der Waals surface area (Å²) in [5, 5.41) is 2.43. The molecule has 1 aromatic heterocycles. The van der Waals surface area contributed by atoms with Gasteiger partial charge in [0.25, 0.3) is 0 Å². The van der Waals surface area contributed by atoms with Crippen molar-refractivity contribution in [1.29, 1.82) is 0 Å². The van der Waals surface area contributed by atoms with E-state index < -0.39 is 0 Å². The van der Waals surface area contributed by atoms with Crippen molar-refractivity contribution in [3.8, 4) is 0 Å². The van der Waals surface area contributed by atoms with Crippen LogP contribution >= 0.6 is 0 Å². The van der Waals surface area contributed by atoms with E-state index in [0.29, 0.717) is 0 Å². The first-order chi connectivity index (χ1) is 6.81. The summed E-state index contributed by atoms with van der Waals surface area (Å²) in [5.74, 6) is 0. The molecule has 0 amide bonds. The van der Waals surface area contributed by atoms with Crippen molar-refractivity contribution < 1.29 is 0 Å². The molecule has 0 radical (unpaired) electrons. The summed E-state index contributed by atoms with van der Waals surface area (Å²) >= 11 is 0. The molecule has 0 unspecified atom stereocenters. The maximum atomic E-state index is 4.44. The van der Waals surface area contributed by atoms with Gasteiger partial charge in [-0.25, -0.2) is 0 Å². The minimum absolute atomic E-state index is 0.920. The maximum absolute atomic E-state index is 4.44. The molecule has 1 aromatic carbocycles. The van der Waals surface area contributed by atoms with E-state index in [1.54, 1.807) is 13.3 Å². The minimum Gasteiger partial charge on any atom is -0.294 e. The number of rotatable bonds is 1. The second-order valence-corrected chi connectivity index (χ2v) is 3.24. The summed E-state index contributed by atoms with van der Waals surface area (Å²) in [4.78, 5) is 8.41. The molecular weight excluding hydrogens is 172 g/mol. The van der Waals surface area contributed by atoms with Crippen LogP contribution in [0.2, 0.25) is 0 Å². The zero-order chi connectivity index (χ0) is 9.97. The summed E-state index contributed by atoms with van der Waals surface area (Å²) in [6.07, 6.45) is 1.78. The first-order valence-electron chi connectivity index (χ1n) is 4.60. The third-order valence-corrected chi connectivity index (χ3v) is 2.21. The monoisotopic (exact) mass is 184 g/mol. The summed E-state index contributed by atoms with van der Waals surface area (Å²) in [6.45, 7) is 2.02. The second kappa shape index (κ2) is 3.58. The lowest BCUT2D eigenvalue weighted by Gasteiger charge is -2.02. The summed E-state index contributed by atoms with van der Waals surface area (Å²) in [5.41, 5.74) is 1.97. The highest BCUT2D eigenvalue weighted by Crippen LogP contribution is 2.16. The van der Waals surface area contributed by atoms with E-state index in [0.717, 1.165) is 11.4 Å². The Labute approximate surface area is 83.3 Å². The van der Waals surface area contributed by atoms with Gasteiger partial charge in [0.05, 0.1) is 5.69 Å². The number of benzene rings is 1. The molecule has 0 atom stereocenters. The number of hydrogen-bond acceptors (Lipinski definition) is 2. The van der Waals surface area contributed by atoms with Gasteiger partial charge < -0.3 is 0 Å². The van der Waals surface area contributed by atoms with Gasteiger partial charge in [0.2, 0.25) is 0 Å². The molecule has 0 bridgehead atoms. The van der Waals surface area contributed by atoms with Gasteiger partial charge in [0, 0.05) is 24.3 Å². The molecule has 0 saturated carbocycles. The van der Waals surface area contributed by atoms with Crippen LogP contribution in [-0.2, 0) is 0 Å². The number of aryl methyl sites for hydroxylation is 1. The number of fused-ring (bicyclic) bond motifs is 1. The average molecular weight is 184 g/mol. The van der Waals surface area contributed by atoms with E-state index in [1.807, 2.05) is 19.1 Å². The van der Waals surface area contributed by atoms with Crippen LogP contribution in [-0.4, -0.2) is 18.2 Å². The highest BCUT2D eigenvalue weighted by Gasteiger charge is 1.99. The molecule has 1 heterocycles. The molecule has 0 aliphatic heterocycles. The van der Waals surface area contributed by atoms with Gasteiger partial charge in [-0.05, 0) is 18.4 Å². The van der Waals surface area contributed by atoms with Crippen LogP contribution in [0.3, 0.4) is 0 Å². The molecular formula is C12H12N2.